The smallest absolute Gasteiger partial charge is 0.254 e. The summed E-state index contributed by atoms with van der Waals surface area (Å²) in [6.45, 7) is 5.03. The maximum atomic E-state index is 14.1. The Morgan fingerprint density at radius 1 is 1.08 bits per heavy atom. The number of amides is 2. The minimum absolute atomic E-state index is 0.0870. The van der Waals surface area contributed by atoms with E-state index in [9.17, 15) is 14.4 Å². The number of fused-ring (bicyclic) bond motifs is 1. The van der Waals surface area contributed by atoms with Crippen molar-refractivity contribution in [2.45, 2.75) is 50.9 Å². The number of Topliss-reactive ketones (excluding diaryl/α,β-unsaturated/α-hetero) is 1. The lowest BCUT2D eigenvalue weighted by molar-refractivity contribution is -0.130. The first kappa shape index (κ1) is 26.2. The van der Waals surface area contributed by atoms with Crippen molar-refractivity contribution < 1.29 is 19.1 Å². The van der Waals surface area contributed by atoms with Crippen molar-refractivity contribution in [2.75, 3.05) is 6.61 Å². The van der Waals surface area contributed by atoms with E-state index in [4.69, 9.17) is 10.5 Å². The molecule has 0 fully saturated rings. The van der Waals surface area contributed by atoms with Gasteiger partial charge in [-0.15, -0.1) is 0 Å². The number of carbonyl (C=O) groups excluding carboxylic acids is 3. The molecule has 2 heterocycles. The van der Waals surface area contributed by atoms with Crippen LogP contribution < -0.4 is 11.1 Å². The number of hydrogen-bond acceptors (Lipinski definition) is 6. The molecule has 2 aromatic carbocycles. The summed E-state index contributed by atoms with van der Waals surface area (Å²) < 4.78 is 5.87. The minimum Gasteiger partial charge on any atom is -0.374 e. The Kier molecular flexibility index (Phi) is 7.52. The lowest BCUT2D eigenvalue weighted by atomic mass is 9.81. The molecule has 8 heteroatoms. The summed E-state index contributed by atoms with van der Waals surface area (Å²) in [5.74, 6) is -1.13. The third-order valence-electron chi connectivity index (χ3n) is 6.42. The molecular weight excluding hydrogens is 468 g/mol. The van der Waals surface area contributed by atoms with Gasteiger partial charge in [-0.25, -0.2) is 0 Å². The highest BCUT2D eigenvalue weighted by molar-refractivity contribution is 6.47. The van der Waals surface area contributed by atoms with Gasteiger partial charge in [0, 0.05) is 24.4 Å². The summed E-state index contributed by atoms with van der Waals surface area (Å²) in [5, 5.41) is 2.76. The maximum absolute atomic E-state index is 14.1. The Bertz CT molecular complexity index is 1260. The van der Waals surface area contributed by atoms with Crippen molar-refractivity contribution in [3.63, 3.8) is 0 Å². The van der Waals surface area contributed by atoms with Crippen molar-refractivity contribution in [1.29, 1.82) is 0 Å². The molecule has 0 bridgehead atoms. The molecule has 0 unspecified atom stereocenters. The zero-order valence-corrected chi connectivity index (χ0v) is 21.3. The molecule has 192 valence electrons. The van der Waals surface area contributed by atoms with E-state index in [2.05, 4.69) is 10.3 Å². The molecule has 0 radical (unpaired) electrons. The fourth-order valence-electron chi connectivity index (χ4n) is 4.50. The zero-order chi connectivity index (χ0) is 26.6. The number of ether oxygens (including phenoxy) is 1. The topological polar surface area (TPSA) is 114 Å². The number of nitrogens with two attached hydrogens (primary N) is 1. The van der Waals surface area contributed by atoms with Gasteiger partial charge in [0.25, 0.3) is 5.91 Å². The second kappa shape index (κ2) is 10.6. The van der Waals surface area contributed by atoms with Crippen LogP contribution in [-0.2, 0) is 32.1 Å². The zero-order valence-electron chi connectivity index (χ0n) is 21.3. The molecule has 3 N–H and O–H groups in total. The highest BCUT2D eigenvalue weighted by atomic mass is 16.5. The first-order chi connectivity index (χ1) is 17.6. The lowest BCUT2D eigenvalue weighted by Crippen LogP contribution is -2.61. The van der Waals surface area contributed by atoms with Crippen LogP contribution in [0.3, 0.4) is 0 Å². The molecule has 0 aliphatic carbocycles. The van der Waals surface area contributed by atoms with Gasteiger partial charge >= 0.3 is 0 Å². The number of carbonyl (C=O) groups is 3. The van der Waals surface area contributed by atoms with Gasteiger partial charge in [-0.05, 0) is 38.0 Å². The molecule has 4 rings (SSSR count). The van der Waals surface area contributed by atoms with Crippen molar-refractivity contribution in [2.24, 2.45) is 10.7 Å². The highest BCUT2D eigenvalue weighted by Crippen LogP contribution is 2.36. The average molecular weight is 501 g/mol. The highest BCUT2D eigenvalue weighted by Gasteiger charge is 2.51. The quantitative estimate of drug-likeness (QED) is 0.521. The van der Waals surface area contributed by atoms with Crippen LogP contribution in [0.15, 0.2) is 89.7 Å². The monoisotopic (exact) mass is 500 g/mol. The van der Waals surface area contributed by atoms with E-state index in [0.29, 0.717) is 12.0 Å². The van der Waals surface area contributed by atoms with Gasteiger partial charge < -0.3 is 15.8 Å². The Morgan fingerprint density at radius 2 is 1.70 bits per heavy atom. The SMILES string of the molecule is CC1=C[C@@]2(Cc3ccccc3)C(C(=O)[C@@H](COCc3ccccc3)NC(=O)C(C)(C)N)=NC=CN2C1=O. The van der Waals surface area contributed by atoms with Crippen LogP contribution in [-0.4, -0.2) is 51.9 Å². The molecule has 2 aromatic rings. The molecule has 0 saturated carbocycles. The molecule has 2 amide bonds. The number of nitrogens with zero attached hydrogens (tertiary/aromatic N) is 2. The Morgan fingerprint density at radius 3 is 2.32 bits per heavy atom. The van der Waals surface area contributed by atoms with E-state index in [1.54, 1.807) is 37.9 Å². The lowest BCUT2D eigenvalue weighted by Gasteiger charge is -2.39. The van der Waals surface area contributed by atoms with Crippen molar-refractivity contribution in [1.82, 2.24) is 10.2 Å². The fraction of sp³-hybridized carbons (Fsp3) is 0.310. The molecule has 2 atom stereocenters. The normalized spacial score (nSPS) is 19.7. The number of benzene rings is 2. The standard InChI is InChI=1S/C29H32N4O4/c1-20-16-29(17-21-10-6-4-7-11-21)25(31-14-15-33(29)26(20)35)24(34)23(32-27(36)28(2,3)30)19-37-18-22-12-8-5-9-13-22/h4-16,23H,17-19,30H2,1-3H3,(H,32,36)/t23-,29-/m1/s1. The first-order valence-corrected chi connectivity index (χ1v) is 12.2. The van der Waals surface area contributed by atoms with E-state index in [0.717, 1.165) is 11.1 Å². The number of aliphatic imine (C=N–C) groups is 1. The summed E-state index contributed by atoms with van der Waals surface area (Å²) in [4.78, 5) is 46.0. The Balaban J connectivity index is 1.66. The van der Waals surface area contributed by atoms with Crippen LogP contribution in [0.2, 0.25) is 0 Å². The molecule has 0 aromatic heterocycles. The maximum Gasteiger partial charge on any atom is 0.254 e. The van der Waals surface area contributed by atoms with Crippen LogP contribution in [0.25, 0.3) is 0 Å². The average Bonchev–Trinajstić information content (AvgIpc) is 3.12. The van der Waals surface area contributed by atoms with Crippen LogP contribution in [0.1, 0.15) is 31.9 Å². The van der Waals surface area contributed by atoms with E-state index < -0.39 is 28.8 Å². The van der Waals surface area contributed by atoms with Crippen molar-refractivity contribution in [3.8, 4) is 0 Å². The van der Waals surface area contributed by atoms with E-state index >= 15 is 0 Å². The minimum atomic E-state index is -1.21. The molecular formula is C29H32N4O4. The third-order valence-corrected chi connectivity index (χ3v) is 6.42. The van der Waals surface area contributed by atoms with Gasteiger partial charge in [0.15, 0.2) is 0 Å². The summed E-state index contributed by atoms with van der Waals surface area (Å²) in [5.41, 5.74) is 6.23. The number of rotatable bonds is 10. The number of ketones is 1. The van der Waals surface area contributed by atoms with Gasteiger partial charge in [-0.1, -0.05) is 60.7 Å². The van der Waals surface area contributed by atoms with E-state index in [-0.39, 0.29) is 24.8 Å². The predicted octanol–water partition coefficient (Wildman–Crippen LogP) is 2.69. The van der Waals surface area contributed by atoms with Gasteiger partial charge in [0.1, 0.15) is 17.3 Å². The van der Waals surface area contributed by atoms with Gasteiger partial charge in [0.2, 0.25) is 11.7 Å². The molecule has 0 saturated heterocycles. The summed E-state index contributed by atoms with van der Waals surface area (Å²) in [6.07, 6.45) is 5.17. The van der Waals surface area contributed by atoms with Crippen LogP contribution in [0, 0.1) is 0 Å². The van der Waals surface area contributed by atoms with Crippen LogP contribution >= 0.6 is 0 Å². The summed E-state index contributed by atoms with van der Waals surface area (Å²) in [6, 6.07) is 18.1. The molecule has 8 nitrogen and oxygen atoms in total. The second-order valence-electron chi connectivity index (χ2n) is 9.98. The molecule has 2 aliphatic rings. The van der Waals surface area contributed by atoms with Crippen LogP contribution in [0.4, 0.5) is 0 Å². The van der Waals surface area contributed by atoms with Gasteiger partial charge in [-0.2, -0.15) is 0 Å². The molecule has 0 spiro atoms. The Hall–Kier alpha value is -3.88. The van der Waals surface area contributed by atoms with Gasteiger partial charge in [-0.3, -0.25) is 24.3 Å². The number of hydrogen-bond donors (Lipinski definition) is 2. The summed E-state index contributed by atoms with van der Waals surface area (Å²) in [7, 11) is 0. The fourth-order valence-corrected chi connectivity index (χ4v) is 4.50. The predicted molar refractivity (Wildman–Crippen MR) is 141 cm³/mol. The summed E-state index contributed by atoms with van der Waals surface area (Å²) >= 11 is 0. The van der Waals surface area contributed by atoms with Crippen molar-refractivity contribution >= 4 is 23.3 Å². The van der Waals surface area contributed by atoms with E-state index in [1.807, 2.05) is 60.7 Å². The Labute approximate surface area is 216 Å². The van der Waals surface area contributed by atoms with Gasteiger partial charge in [0.05, 0.1) is 18.8 Å². The van der Waals surface area contributed by atoms with E-state index in [1.165, 1.54) is 6.20 Å². The molecule has 37 heavy (non-hydrogen) atoms. The van der Waals surface area contributed by atoms with Crippen LogP contribution in [0.5, 0.6) is 0 Å². The second-order valence-corrected chi connectivity index (χ2v) is 9.98. The van der Waals surface area contributed by atoms with Crippen molar-refractivity contribution in [3.05, 3.63) is 95.8 Å². The number of nitrogens with one attached hydrogen (secondary N) is 1. The third kappa shape index (κ3) is 5.60. The first-order valence-electron chi connectivity index (χ1n) is 12.2. The molecule has 2 aliphatic heterocycles. The largest absolute Gasteiger partial charge is 0.374 e.